The van der Waals surface area contributed by atoms with Gasteiger partial charge in [-0.15, -0.1) is 0 Å². The summed E-state index contributed by atoms with van der Waals surface area (Å²) in [6.45, 7) is 0. The highest BCUT2D eigenvalue weighted by Gasteiger charge is 2.31. The number of hydrogen-bond donors (Lipinski definition) is 1. The molecule has 0 aliphatic heterocycles. The molecule has 158 valence electrons. The maximum atomic E-state index is 9.59. The lowest BCUT2D eigenvalue weighted by molar-refractivity contribution is 0.403. The number of anilines is 2. The van der Waals surface area contributed by atoms with E-state index in [9.17, 15) is 5.26 Å². The van der Waals surface area contributed by atoms with E-state index in [2.05, 4.69) is 21.5 Å². The van der Waals surface area contributed by atoms with Crippen molar-refractivity contribution in [3.8, 4) is 17.6 Å². The number of oxazole rings is 2. The molecule has 2 aromatic heterocycles. The van der Waals surface area contributed by atoms with Crippen molar-refractivity contribution >= 4 is 34.7 Å². The Kier molecular flexibility index (Phi) is 5.82. The van der Waals surface area contributed by atoms with Crippen molar-refractivity contribution < 1.29 is 18.3 Å². The second-order valence-electron chi connectivity index (χ2n) is 6.38. The highest BCUT2D eigenvalue weighted by Crippen LogP contribution is 2.40. The summed E-state index contributed by atoms with van der Waals surface area (Å²) in [5, 5.41) is 11.6. The van der Waals surface area contributed by atoms with Crippen LogP contribution in [0.2, 0.25) is 5.02 Å². The van der Waals surface area contributed by atoms with Crippen molar-refractivity contribution in [1.82, 2.24) is 9.97 Å². The third kappa shape index (κ3) is 4.06. The number of nitriles is 1. The number of halogens is 1. The van der Waals surface area contributed by atoms with Gasteiger partial charge in [-0.25, -0.2) is 15.4 Å². The lowest BCUT2D eigenvalue weighted by Gasteiger charge is -2.30. The van der Waals surface area contributed by atoms with Gasteiger partial charge in [0, 0.05) is 16.7 Å². The molecule has 0 bridgehead atoms. The van der Waals surface area contributed by atoms with Crippen LogP contribution in [0.25, 0.3) is 11.1 Å². The van der Waals surface area contributed by atoms with Crippen LogP contribution < -0.4 is 19.9 Å². The van der Waals surface area contributed by atoms with E-state index < -0.39 is 6.04 Å². The maximum absolute atomic E-state index is 9.59. The first-order valence-corrected chi connectivity index (χ1v) is 9.61. The minimum absolute atomic E-state index is 0.0375. The van der Waals surface area contributed by atoms with Crippen LogP contribution in [0.15, 0.2) is 57.7 Å². The highest BCUT2D eigenvalue weighted by atomic mass is 35.5. The van der Waals surface area contributed by atoms with Crippen LogP contribution in [0, 0.1) is 11.3 Å². The molecular weight excluding hydrogens is 422 g/mol. The van der Waals surface area contributed by atoms with Crippen molar-refractivity contribution in [2.75, 3.05) is 24.7 Å². The molecule has 10 heteroatoms. The minimum atomic E-state index is -0.643. The Morgan fingerprint density at radius 1 is 1.26 bits per heavy atom. The van der Waals surface area contributed by atoms with Gasteiger partial charge in [0.25, 0.3) is 0 Å². The first kappa shape index (κ1) is 20.4. The van der Waals surface area contributed by atoms with Crippen LogP contribution in [0.3, 0.4) is 0 Å². The Morgan fingerprint density at radius 2 is 2.13 bits per heavy atom. The number of hydrazine groups is 1. The first-order valence-electron chi connectivity index (χ1n) is 9.24. The SMILES string of the molecule is COc1ccc2nc(N(Nc3ncco3)C(CC#N)c3c(Cl)cccc3OC)oc2c1. The number of rotatable bonds is 8. The summed E-state index contributed by atoms with van der Waals surface area (Å²) in [5.41, 5.74) is 4.74. The molecule has 1 unspecified atom stereocenters. The summed E-state index contributed by atoms with van der Waals surface area (Å²) in [4.78, 5) is 8.67. The topological polar surface area (TPSA) is 110 Å². The minimum Gasteiger partial charge on any atom is -0.497 e. The fourth-order valence-electron chi connectivity index (χ4n) is 3.19. The second-order valence-corrected chi connectivity index (χ2v) is 6.79. The standard InChI is InChI=1S/C21H18ClN5O4/c1-28-13-6-7-15-18(12-13)31-21(25-15)27(26-20-24-10-11-30-20)16(8-9-23)19-14(22)4-3-5-17(19)29-2/h3-7,10-12,16H,8H2,1-2H3,(H,24,26). The van der Waals surface area contributed by atoms with Gasteiger partial charge >= 0.3 is 12.0 Å². The number of fused-ring (bicyclic) bond motifs is 1. The van der Waals surface area contributed by atoms with Gasteiger partial charge in [-0.3, -0.25) is 0 Å². The van der Waals surface area contributed by atoms with Crippen LogP contribution in [-0.4, -0.2) is 24.2 Å². The molecule has 4 aromatic rings. The molecule has 0 saturated heterocycles. The fourth-order valence-corrected chi connectivity index (χ4v) is 3.48. The van der Waals surface area contributed by atoms with E-state index in [0.29, 0.717) is 33.2 Å². The number of aromatic nitrogens is 2. The van der Waals surface area contributed by atoms with Gasteiger partial charge in [-0.2, -0.15) is 10.2 Å². The third-order valence-electron chi connectivity index (χ3n) is 4.60. The van der Waals surface area contributed by atoms with Gasteiger partial charge in [0.2, 0.25) is 0 Å². The third-order valence-corrected chi connectivity index (χ3v) is 4.93. The van der Waals surface area contributed by atoms with E-state index in [1.54, 1.807) is 48.5 Å². The van der Waals surface area contributed by atoms with Gasteiger partial charge in [-0.1, -0.05) is 17.7 Å². The highest BCUT2D eigenvalue weighted by molar-refractivity contribution is 6.31. The van der Waals surface area contributed by atoms with Gasteiger partial charge in [0.05, 0.1) is 38.9 Å². The molecule has 0 aliphatic carbocycles. The number of ether oxygens (including phenoxy) is 2. The van der Waals surface area contributed by atoms with Gasteiger partial charge in [0.15, 0.2) is 5.58 Å². The van der Waals surface area contributed by atoms with E-state index >= 15 is 0 Å². The number of hydrogen-bond acceptors (Lipinski definition) is 9. The van der Waals surface area contributed by atoms with Crippen LogP contribution in [0.1, 0.15) is 18.0 Å². The monoisotopic (exact) mass is 439 g/mol. The molecule has 4 rings (SSSR count). The molecule has 0 aliphatic rings. The van der Waals surface area contributed by atoms with Crippen LogP contribution in [-0.2, 0) is 0 Å². The smallest absolute Gasteiger partial charge is 0.318 e. The largest absolute Gasteiger partial charge is 0.497 e. The maximum Gasteiger partial charge on any atom is 0.318 e. The zero-order valence-corrected chi connectivity index (χ0v) is 17.5. The van der Waals surface area contributed by atoms with Crippen molar-refractivity contribution in [2.24, 2.45) is 0 Å². The Bertz CT molecular complexity index is 1220. The summed E-state index contributed by atoms with van der Waals surface area (Å²) in [7, 11) is 3.11. The summed E-state index contributed by atoms with van der Waals surface area (Å²) in [6.07, 6.45) is 2.95. The predicted octanol–water partition coefficient (Wildman–Crippen LogP) is 4.97. The summed E-state index contributed by atoms with van der Waals surface area (Å²) in [6, 6.07) is 12.5. The molecule has 1 atom stereocenters. The van der Waals surface area contributed by atoms with E-state index in [4.69, 9.17) is 29.9 Å². The lowest BCUT2D eigenvalue weighted by atomic mass is 10.0. The molecule has 0 saturated carbocycles. The Morgan fingerprint density at radius 3 is 2.84 bits per heavy atom. The van der Waals surface area contributed by atoms with E-state index in [-0.39, 0.29) is 18.5 Å². The van der Waals surface area contributed by atoms with Crippen molar-refractivity contribution in [2.45, 2.75) is 12.5 Å². The molecule has 9 nitrogen and oxygen atoms in total. The molecule has 0 spiro atoms. The molecule has 0 amide bonds. The Labute approximate surface area is 182 Å². The van der Waals surface area contributed by atoms with Crippen molar-refractivity contribution in [3.05, 3.63) is 59.4 Å². The number of nitrogens with zero attached hydrogens (tertiary/aromatic N) is 4. The van der Waals surface area contributed by atoms with E-state index in [1.807, 2.05) is 0 Å². The van der Waals surface area contributed by atoms with Gasteiger partial charge in [0.1, 0.15) is 23.3 Å². The molecule has 0 fully saturated rings. The zero-order valence-electron chi connectivity index (χ0n) is 16.7. The summed E-state index contributed by atoms with van der Waals surface area (Å²) < 4.78 is 22.1. The molecular formula is C21H18ClN5O4. The molecule has 0 radical (unpaired) electrons. The first-order chi connectivity index (χ1) is 15.1. The summed E-state index contributed by atoms with van der Waals surface area (Å²) in [5.74, 6) is 1.15. The quantitative estimate of drug-likeness (QED) is 0.380. The number of benzene rings is 2. The lowest BCUT2D eigenvalue weighted by Crippen LogP contribution is -2.35. The second kappa shape index (κ2) is 8.85. The van der Waals surface area contributed by atoms with Crippen LogP contribution in [0.5, 0.6) is 11.5 Å². The summed E-state index contributed by atoms with van der Waals surface area (Å²) >= 11 is 6.52. The van der Waals surface area contributed by atoms with E-state index in [1.165, 1.54) is 19.6 Å². The Hall–Kier alpha value is -3.90. The number of nitrogens with one attached hydrogen (secondary N) is 1. The van der Waals surface area contributed by atoms with E-state index in [0.717, 1.165) is 0 Å². The zero-order chi connectivity index (χ0) is 21.8. The van der Waals surface area contributed by atoms with Gasteiger partial charge in [-0.05, 0) is 24.3 Å². The number of methoxy groups -OCH3 is 2. The molecule has 2 aromatic carbocycles. The van der Waals surface area contributed by atoms with Crippen molar-refractivity contribution in [3.63, 3.8) is 0 Å². The van der Waals surface area contributed by atoms with Crippen LogP contribution >= 0.6 is 11.6 Å². The molecule has 31 heavy (non-hydrogen) atoms. The predicted molar refractivity (Wildman–Crippen MR) is 114 cm³/mol. The average Bonchev–Trinajstić information content (AvgIpc) is 3.45. The van der Waals surface area contributed by atoms with Crippen molar-refractivity contribution in [1.29, 1.82) is 5.26 Å². The van der Waals surface area contributed by atoms with Gasteiger partial charge < -0.3 is 18.3 Å². The molecule has 1 N–H and O–H groups in total. The van der Waals surface area contributed by atoms with Crippen LogP contribution in [0.4, 0.5) is 12.0 Å². The Balaban J connectivity index is 1.86. The fraction of sp³-hybridized carbons (Fsp3) is 0.190. The average molecular weight is 440 g/mol. The normalized spacial score (nSPS) is 11.7. The molecule has 2 heterocycles.